The summed E-state index contributed by atoms with van der Waals surface area (Å²) in [5, 5.41) is 6.63. The van der Waals surface area contributed by atoms with E-state index in [0.29, 0.717) is 11.4 Å². The van der Waals surface area contributed by atoms with Crippen LogP contribution in [0, 0.1) is 0 Å². The van der Waals surface area contributed by atoms with E-state index in [9.17, 15) is 4.79 Å². The Morgan fingerprint density at radius 1 is 1.47 bits per heavy atom. The number of nitrogens with one attached hydrogen (secondary N) is 1. The van der Waals surface area contributed by atoms with Gasteiger partial charge in [-0.3, -0.25) is 9.89 Å². The summed E-state index contributed by atoms with van der Waals surface area (Å²) in [5.41, 5.74) is 7.76. The predicted molar refractivity (Wildman–Crippen MR) is 64.3 cm³/mol. The summed E-state index contributed by atoms with van der Waals surface area (Å²) in [6.45, 7) is 2.06. The summed E-state index contributed by atoms with van der Waals surface area (Å²) in [5.74, 6) is 0.256. The van der Waals surface area contributed by atoms with Gasteiger partial charge >= 0.3 is 0 Å². The molecule has 0 aliphatic rings. The number of aromatic nitrogens is 3. The Hall–Kier alpha value is -2.17. The Morgan fingerprint density at radius 2 is 2.29 bits per heavy atom. The van der Waals surface area contributed by atoms with E-state index >= 15 is 0 Å². The number of benzene rings is 1. The Balaban J connectivity index is 2.58. The molecule has 3 N–H and O–H groups in total. The highest BCUT2D eigenvalue weighted by Crippen LogP contribution is 2.24. The minimum atomic E-state index is -0.408. The molecule has 1 amide bonds. The van der Waals surface area contributed by atoms with Gasteiger partial charge in [-0.05, 0) is 18.1 Å². The molecule has 0 bridgehead atoms. The van der Waals surface area contributed by atoms with Crippen molar-refractivity contribution in [3.05, 3.63) is 35.7 Å². The summed E-state index contributed by atoms with van der Waals surface area (Å²) in [6.07, 6.45) is 3.17. The summed E-state index contributed by atoms with van der Waals surface area (Å²) in [6, 6.07) is 5.46. The van der Waals surface area contributed by atoms with Crippen LogP contribution in [-0.4, -0.2) is 21.1 Å². The first-order chi connectivity index (χ1) is 8.24. The predicted octanol–water partition coefficient (Wildman–Crippen LogP) is 1.52. The van der Waals surface area contributed by atoms with E-state index in [4.69, 9.17) is 5.73 Å². The minimum absolute atomic E-state index is 0.408. The van der Waals surface area contributed by atoms with E-state index in [-0.39, 0.29) is 0 Å². The van der Waals surface area contributed by atoms with Crippen molar-refractivity contribution in [1.82, 2.24) is 15.2 Å². The molecule has 1 aromatic carbocycles. The summed E-state index contributed by atoms with van der Waals surface area (Å²) in [7, 11) is 0. The number of nitrogens with zero attached hydrogens (tertiary/aromatic N) is 2. The van der Waals surface area contributed by atoms with Gasteiger partial charge in [0.2, 0.25) is 5.91 Å². The van der Waals surface area contributed by atoms with Gasteiger partial charge in [0.25, 0.3) is 0 Å². The molecule has 0 aliphatic heterocycles. The number of amides is 1. The molecule has 2 aromatic rings. The molecule has 0 aliphatic carbocycles. The van der Waals surface area contributed by atoms with E-state index in [1.165, 1.54) is 6.33 Å². The van der Waals surface area contributed by atoms with Crippen LogP contribution in [0.4, 0.5) is 0 Å². The third-order valence-electron chi connectivity index (χ3n) is 2.61. The van der Waals surface area contributed by atoms with Crippen molar-refractivity contribution in [3.63, 3.8) is 0 Å². The number of carbonyl (C=O) groups is 1. The van der Waals surface area contributed by atoms with Crippen molar-refractivity contribution in [2.24, 2.45) is 5.73 Å². The smallest absolute Gasteiger partial charge is 0.249 e. The first-order valence-corrected chi connectivity index (χ1v) is 5.51. The van der Waals surface area contributed by atoms with Gasteiger partial charge in [0, 0.05) is 11.1 Å². The second kappa shape index (κ2) is 4.78. The molecule has 0 radical (unpaired) electrons. The molecule has 1 aromatic heterocycles. The third kappa shape index (κ3) is 2.18. The average molecular weight is 230 g/mol. The molecule has 0 fully saturated rings. The maximum Gasteiger partial charge on any atom is 0.249 e. The van der Waals surface area contributed by atoms with Gasteiger partial charge in [0.1, 0.15) is 6.33 Å². The zero-order valence-corrected chi connectivity index (χ0v) is 9.60. The van der Waals surface area contributed by atoms with Crippen LogP contribution in [0.2, 0.25) is 0 Å². The molecule has 0 unspecified atom stereocenters. The highest BCUT2D eigenvalue weighted by Gasteiger charge is 2.14. The molecule has 0 saturated carbocycles. The van der Waals surface area contributed by atoms with Crippen LogP contribution in [-0.2, 0) is 6.42 Å². The van der Waals surface area contributed by atoms with Gasteiger partial charge in [-0.2, -0.15) is 5.10 Å². The largest absolute Gasteiger partial charge is 0.366 e. The zero-order chi connectivity index (χ0) is 12.3. The molecular formula is C12H14N4O. The van der Waals surface area contributed by atoms with Crippen LogP contribution in [0.25, 0.3) is 11.4 Å². The molecule has 5 nitrogen and oxygen atoms in total. The lowest BCUT2D eigenvalue weighted by Gasteiger charge is -2.10. The lowest BCUT2D eigenvalue weighted by atomic mass is 9.96. The zero-order valence-electron chi connectivity index (χ0n) is 9.60. The maximum atomic E-state index is 11.4. The van der Waals surface area contributed by atoms with Crippen LogP contribution in [0.15, 0.2) is 24.5 Å². The van der Waals surface area contributed by atoms with Gasteiger partial charge in [0.05, 0.1) is 0 Å². The molecular weight excluding hydrogens is 216 g/mol. The van der Waals surface area contributed by atoms with Crippen molar-refractivity contribution < 1.29 is 4.79 Å². The summed E-state index contributed by atoms with van der Waals surface area (Å²) in [4.78, 5) is 15.5. The molecule has 17 heavy (non-hydrogen) atoms. The average Bonchev–Trinajstić information content (AvgIpc) is 2.83. The molecule has 2 rings (SSSR count). The van der Waals surface area contributed by atoms with E-state index in [1.807, 2.05) is 6.07 Å². The number of H-pyrrole nitrogens is 1. The second-order valence-electron chi connectivity index (χ2n) is 3.78. The highest BCUT2D eigenvalue weighted by atomic mass is 16.1. The van der Waals surface area contributed by atoms with Gasteiger partial charge in [-0.15, -0.1) is 0 Å². The topological polar surface area (TPSA) is 84.7 Å². The fourth-order valence-corrected chi connectivity index (χ4v) is 1.89. The Morgan fingerprint density at radius 3 is 2.88 bits per heavy atom. The Kier molecular flexibility index (Phi) is 3.18. The number of hydrogen-bond acceptors (Lipinski definition) is 3. The first-order valence-electron chi connectivity index (χ1n) is 5.51. The maximum absolute atomic E-state index is 11.4. The van der Waals surface area contributed by atoms with Crippen LogP contribution in [0.5, 0.6) is 0 Å². The number of aromatic amines is 1. The van der Waals surface area contributed by atoms with Crippen molar-refractivity contribution in [2.75, 3.05) is 0 Å². The van der Waals surface area contributed by atoms with Crippen molar-refractivity contribution >= 4 is 5.91 Å². The quantitative estimate of drug-likeness (QED) is 0.835. The first kappa shape index (κ1) is 11.3. The summed E-state index contributed by atoms with van der Waals surface area (Å²) >= 11 is 0. The number of nitrogens with two attached hydrogens (primary N) is 1. The lowest BCUT2D eigenvalue weighted by Crippen LogP contribution is -2.14. The standard InChI is InChI=1S/C12H14N4O/c1-2-4-8-9(11(13)17)5-3-6-10(8)12-14-7-15-16-12/h3,5-7H,2,4H2,1H3,(H2,13,17)(H,14,15,16). The van der Waals surface area contributed by atoms with E-state index in [2.05, 4.69) is 22.1 Å². The Labute approximate surface area is 99.1 Å². The van der Waals surface area contributed by atoms with Crippen molar-refractivity contribution in [2.45, 2.75) is 19.8 Å². The van der Waals surface area contributed by atoms with E-state index in [1.54, 1.807) is 12.1 Å². The molecule has 5 heteroatoms. The number of hydrogen-bond donors (Lipinski definition) is 2. The summed E-state index contributed by atoms with van der Waals surface area (Å²) < 4.78 is 0. The van der Waals surface area contributed by atoms with Crippen LogP contribution < -0.4 is 5.73 Å². The van der Waals surface area contributed by atoms with Gasteiger partial charge < -0.3 is 5.73 Å². The monoisotopic (exact) mass is 230 g/mol. The molecule has 1 heterocycles. The van der Waals surface area contributed by atoms with Gasteiger partial charge in [0.15, 0.2) is 5.82 Å². The molecule has 0 saturated heterocycles. The SMILES string of the molecule is CCCc1c(C(N)=O)cccc1-c1ncn[nH]1. The lowest BCUT2D eigenvalue weighted by molar-refractivity contribution is 0.0999. The van der Waals surface area contributed by atoms with E-state index in [0.717, 1.165) is 24.0 Å². The third-order valence-corrected chi connectivity index (χ3v) is 2.61. The molecule has 0 atom stereocenters. The van der Waals surface area contributed by atoms with Gasteiger partial charge in [-0.1, -0.05) is 25.5 Å². The van der Waals surface area contributed by atoms with Crippen LogP contribution >= 0.6 is 0 Å². The van der Waals surface area contributed by atoms with Crippen LogP contribution in [0.3, 0.4) is 0 Å². The fourth-order valence-electron chi connectivity index (χ4n) is 1.89. The number of rotatable bonds is 4. The number of carbonyl (C=O) groups excluding carboxylic acids is 1. The van der Waals surface area contributed by atoms with Crippen LogP contribution in [0.1, 0.15) is 29.3 Å². The van der Waals surface area contributed by atoms with Crippen molar-refractivity contribution in [3.8, 4) is 11.4 Å². The highest BCUT2D eigenvalue weighted by molar-refractivity contribution is 5.96. The van der Waals surface area contributed by atoms with Crippen molar-refractivity contribution in [1.29, 1.82) is 0 Å². The van der Waals surface area contributed by atoms with E-state index < -0.39 is 5.91 Å². The fraction of sp³-hybridized carbons (Fsp3) is 0.250. The molecule has 88 valence electrons. The normalized spacial score (nSPS) is 10.4. The Bertz CT molecular complexity index is 519. The number of primary amides is 1. The molecule has 0 spiro atoms. The minimum Gasteiger partial charge on any atom is -0.366 e. The second-order valence-corrected chi connectivity index (χ2v) is 3.78. The van der Waals surface area contributed by atoms with Gasteiger partial charge in [-0.25, -0.2) is 4.98 Å².